The highest BCUT2D eigenvalue weighted by Crippen LogP contribution is 2.18. The molecule has 0 aliphatic carbocycles. The van der Waals surface area contributed by atoms with Crippen LogP contribution in [0.1, 0.15) is 12.5 Å². The van der Waals surface area contributed by atoms with Gasteiger partial charge in [0.2, 0.25) is 11.7 Å². The number of nitro groups is 1. The van der Waals surface area contributed by atoms with Crippen LogP contribution in [0, 0.1) is 15.9 Å². The van der Waals surface area contributed by atoms with Crippen LogP contribution in [-0.2, 0) is 11.3 Å². The summed E-state index contributed by atoms with van der Waals surface area (Å²) in [7, 11) is 1.72. The van der Waals surface area contributed by atoms with E-state index in [2.05, 4.69) is 5.32 Å². The Kier molecular flexibility index (Phi) is 5.37. The van der Waals surface area contributed by atoms with E-state index < -0.39 is 16.4 Å². The number of rotatable bonds is 6. The van der Waals surface area contributed by atoms with Gasteiger partial charge >= 0.3 is 5.69 Å². The van der Waals surface area contributed by atoms with Crippen molar-refractivity contribution < 1.29 is 14.1 Å². The number of benzene rings is 1. The fourth-order valence-electron chi connectivity index (χ4n) is 1.66. The number of hydrogen-bond donors (Lipinski definition) is 1. The summed E-state index contributed by atoms with van der Waals surface area (Å²) in [4.78, 5) is 22.7. The molecule has 1 N–H and O–H groups in total. The third kappa shape index (κ3) is 4.63. The van der Waals surface area contributed by atoms with Gasteiger partial charge in [-0.3, -0.25) is 19.8 Å². The Morgan fingerprint density at radius 2 is 2.21 bits per heavy atom. The second kappa shape index (κ2) is 6.79. The predicted octanol–water partition coefficient (Wildman–Crippen LogP) is 1.30. The Labute approximate surface area is 110 Å². The van der Waals surface area contributed by atoms with Gasteiger partial charge in [0.05, 0.1) is 11.5 Å². The Morgan fingerprint density at radius 3 is 2.74 bits per heavy atom. The molecule has 7 heteroatoms. The molecular weight excluding hydrogens is 253 g/mol. The first kappa shape index (κ1) is 15.0. The molecule has 0 atom stereocenters. The fraction of sp³-hybridized carbons (Fsp3) is 0.417. The van der Waals surface area contributed by atoms with E-state index in [0.717, 1.165) is 12.1 Å². The lowest BCUT2D eigenvalue weighted by atomic mass is 10.2. The molecule has 0 aliphatic heterocycles. The molecule has 0 radical (unpaired) electrons. The van der Waals surface area contributed by atoms with E-state index in [4.69, 9.17) is 0 Å². The SMILES string of the molecule is CCNC(=O)CN(C)Cc1ccc([N+](=O)[O-])c(F)c1. The molecule has 6 nitrogen and oxygen atoms in total. The lowest BCUT2D eigenvalue weighted by Crippen LogP contribution is -2.34. The highest BCUT2D eigenvalue weighted by atomic mass is 19.1. The minimum atomic E-state index is -0.867. The van der Waals surface area contributed by atoms with Crippen LogP contribution in [0.25, 0.3) is 0 Å². The summed E-state index contributed by atoms with van der Waals surface area (Å²) < 4.78 is 13.4. The molecule has 0 unspecified atom stereocenters. The molecule has 1 rings (SSSR count). The van der Waals surface area contributed by atoms with Crippen molar-refractivity contribution in [2.75, 3.05) is 20.1 Å². The molecule has 19 heavy (non-hydrogen) atoms. The molecular formula is C12H16FN3O3. The normalized spacial score (nSPS) is 10.5. The smallest absolute Gasteiger partial charge is 0.304 e. The molecule has 0 aliphatic rings. The quantitative estimate of drug-likeness (QED) is 0.624. The molecule has 1 amide bonds. The van der Waals surface area contributed by atoms with Crippen molar-refractivity contribution in [1.82, 2.24) is 10.2 Å². The molecule has 104 valence electrons. The molecule has 1 aromatic carbocycles. The van der Waals surface area contributed by atoms with Crippen LogP contribution in [0.15, 0.2) is 18.2 Å². The van der Waals surface area contributed by atoms with Crippen molar-refractivity contribution in [3.05, 3.63) is 39.7 Å². The van der Waals surface area contributed by atoms with Crippen LogP contribution < -0.4 is 5.32 Å². The van der Waals surface area contributed by atoms with E-state index in [1.807, 2.05) is 6.92 Å². The van der Waals surface area contributed by atoms with Gasteiger partial charge in [-0.2, -0.15) is 4.39 Å². The van der Waals surface area contributed by atoms with Gasteiger partial charge in [-0.05, 0) is 25.6 Å². The summed E-state index contributed by atoms with van der Waals surface area (Å²) in [5.41, 5.74) is 0.0324. The molecule has 0 saturated carbocycles. The van der Waals surface area contributed by atoms with Crippen LogP contribution in [0.2, 0.25) is 0 Å². The molecule has 0 fully saturated rings. The average Bonchev–Trinajstić information content (AvgIpc) is 2.28. The maximum atomic E-state index is 13.4. The first-order valence-electron chi connectivity index (χ1n) is 5.82. The lowest BCUT2D eigenvalue weighted by molar-refractivity contribution is -0.387. The van der Waals surface area contributed by atoms with E-state index in [9.17, 15) is 19.3 Å². The van der Waals surface area contributed by atoms with Crippen molar-refractivity contribution >= 4 is 11.6 Å². The minimum absolute atomic E-state index is 0.118. The topological polar surface area (TPSA) is 75.5 Å². The third-order valence-corrected chi connectivity index (χ3v) is 2.45. The lowest BCUT2D eigenvalue weighted by Gasteiger charge is -2.15. The van der Waals surface area contributed by atoms with E-state index >= 15 is 0 Å². The summed E-state index contributed by atoms with van der Waals surface area (Å²) in [6.45, 7) is 2.90. The van der Waals surface area contributed by atoms with Crippen LogP contribution in [0.4, 0.5) is 10.1 Å². The fourth-order valence-corrected chi connectivity index (χ4v) is 1.66. The largest absolute Gasteiger partial charge is 0.355 e. The Morgan fingerprint density at radius 1 is 1.53 bits per heavy atom. The summed E-state index contributed by atoms with van der Waals surface area (Å²) in [6.07, 6.45) is 0. The van der Waals surface area contributed by atoms with Crippen molar-refractivity contribution in [1.29, 1.82) is 0 Å². The van der Waals surface area contributed by atoms with Crippen molar-refractivity contribution in [2.45, 2.75) is 13.5 Å². The van der Waals surface area contributed by atoms with Crippen LogP contribution >= 0.6 is 0 Å². The zero-order valence-electron chi connectivity index (χ0n) is 10.9. The average molecular weight is 269 g/mol. The molecule has 0 heterocycles. The maximum absolute atomic E-state index is 13.4. The van der Waals surface area contributed by atoms with Gasteiger partial charge in [0.15, 0.2) is 0 Å². The first-order chi connectivity index (χ1) is 8.93. The van der Waals surface area contributed by atoms with E-state index in [1.54, 1.807) is 11.9 Å². The van der Waals surface area contributed by atoms with Gasteiger partial charge in [0.1, 0.15) is 0 Å². The monoisotopic (exact) mass is 269 g/mol. The van der Waals surface area contributed by atoms with Crippen molar-refractivity contribution in [3.8, 4) is 0 Å². The van der Waals surface area contributed by atoms with Crippen molar-refractivity contribution in [2.24, 2.45) is 0 Å². The van der Waals surface area contributed by atoms with Gasteiger partial charge in [-0.25, -0.2) is 0 Å². The number of nitro benzene ring substituents is 1. The van der Waals surface area contributed by atoms with Gasteiger partial charge < -0.3 is 5.32 Å². The Bertz CT molecular complexity index is 479. The summed E-state index contributed by atoms with van der Waals surface area (Å²) in [6, 6.07) is 3.73. The van der Waals surface area contributed by atoms with Gasteiger partial charge in [-0.1, -0.05) is 6.07 Å². The molecule has 0 bridgehead atoms. The first-order valence-corrected chi connectivity index (χ1v) is 5.82. The zero-order valence-corrected chi connectivity index (χ0v) is 10.9. The Hall–Kier alpha value is -2.02. The zero-order chi connectivity index (χ0) is 14.4. The molecule has 0 spiro atoms. The van der Waals surface area contributed by atoms with E-state index in [0.29, 0.717) is 18.7 Å². The number of halogens is 1. The number of hydrogen-bond acceptors (Lipinski definition) is 4. The van der Waals surface area contributed by atoms with Gasteiger partial charge in [-0.15, -0.1) is 0 Å². The third-order valence-electron chi connectivity index (χ3n) is 2.45. The number of carbonyl (C=O) groups is 1. The van der Waals surface area contributed by atoms with Crippen LogP contribution in [0.5, 0.6) is 0 Å². The van der Waals surface area contributed by atoms with Crippen molar-refractivity contribution in [3.63, 3.8) is 0 Å². The predicted molar refractivity (Wildman–Crippen MR) is 68.1 cm³/mol. The van der Waals surface area contributed by atoms with Gasteiger partial charge in [0.25, 0.3) is 0 Å². The highest BCUT2D eigenvalue weighted by Gasteiger charge is 2.14. The number of nitrogens with zero attached hydrogens (tertiary/aromatic N) is 2. The number of nitrogens with one attached hydrogen (secondary N) is 1. The minimum Gasteiger partial charge on any atom is -0.355 e. The van der Waals surface area contributed by atoms with E-state index in [1.165, 1.54) is 6.07 Å². The summed E-state index contributed by atoms with van der Waals surface area (Å²) >= 11 is 0. The number of carbonyl (C=O) groups excluding carboxylic acids is 1. The number of likely N-dealkylation sites (N-methyl/N-ethyl adjacent to an activating group) is 2. The molecule has 0 saturated heterocycles. The second-order valence-electron chi connectivity index (χ2n) is 4.17. The summed E-state index contributed by atoms with van der Waals surface area (Å²) in [5.74, 6) is -0.985. The van der Waals surface area contributed by atoms with Crippen LogP contribution in [0.3, 0.4) is 0 Å². The highest BCUT2D eigenvalue weighted by molar-refractivity contribution is 5.77. The Balaban J connectivity index is 2.65. The van der Waals surface area contributed by atoms with Gasteiger partial charge in [0, 0.05) is 19.2 Å². The standard InChI is InChI=1S/C12H16FN3O3/c1-3-14-12(17)8-15(2)7-9-4-5-11(16(18)19)10(13)6-9/h4-6H,3,7-8H2,1-2H3,(H,14,17). The molecule has 0 aromatic heterocycles. The summed E-state index contributed by atoms with van der Waals surface area (Å²) in [5, 5.41) is 13.1. The van der Waals surface area contributed by atoms with Crippen LogP contribution in [-0.4, -0.2) is 35.9 Å². The maximum Gasteiger partial charge on any atom is 0.304 e. The molecule has 1 aromatic rings. The number of amides is 1. The second-order valence-corrected chi connectivity index (χ2v) is 4.17. The van der Waals surface area contributed by atoms with E-state index in [-0.39, 0.29) is 12.5 Å².